The van der Waals surface area contributed by atoms with E-state index in [2.05, 4.69) is 5.32 Å². The maximum Gasteiger partial charge on any atom is 0.341 e. The zero-order chi connectivity index (χ0) is 25.1. The van der Waals surface area contributed by atoms with Gasteiger partial charge in [0.05, 0.1) is 12.2 Å². The van der Waals surface area contributed by atoms with Crippen LogP contribution in [0.2, 0.25) is 0 Å². The summed E-state index contributed by atoms with van der Waals surface area (Å²) in [6.45, 7) is 4.98. The van der Waals surface area contributed by atoms with Crippen molar-refractivity contribution < 1.29 is 23.9 Å². The molecule has 9 heteroatoms. The van der Waals surface area contributed by atoms with Crippen molar-refractivity contribution in [1.82, 2.24) is 4.90 Å². The highest BCUT2D eigenvalue weighted by Gasteiger charge is 2.44. The molecule has 1 saturated heterocycles. The monoisotopic (exact) mass is 491 g/mol. The van der Waals surface area contributed by atoms with Crippen molar-refractivity contribution in [2.45, 2.75) is 26.8 Å². The third-order valence-electron chi connectivity index (χ3n) is 5.60. The number of anilines is 2. The van der Waals surface area contributed by atoms with Gasteiger partial charge in [-0.25, -0.2) is 9.59 Å². The molecule has 8 nitrogen and oxygen atoms in total. The molecule has 0 bridgehead atoms. The Labute approximate surface area is 207 Å². The number of nitrogens with zero attached hydrogens (tertiary/aromatic N) is 2. The van der Waals surface area contributed by atoms with Crippen LogP contribution in [0.1, 0.15) is 29.8 Å². The van der Waals surface area contributed by atoms with E-state index in [4.69, 9.17) is 4.74 Å². The molecule has 35 heavy (non-hydrogen) atoms. The van der Waals surface area contributed by atoms with Crippen molar-refractivity contribution in [3.8, 4) is 10.4 Å². The summed E-state index contributed by atoms with van der Waals surface area (Å²) in [6.07, 6.45) is 0. The van der Waals surface area contributed by atoms with E-state index in [0.717, 1.165) is 20.9 Å². The van der Waals surface area contributed by atoms with Crippen LogP contribution in [0.4, 0.5) is 15.5 Å². The van der Waals surface area contributed by atoms with Gasteiger partial charge in [-0.3, -0.25) is 19.4 Å². The fraction of sp³-hybridized carbons (Fsp3) is 0.231. The van der Waals surface area contributed by atoms with Gasteiger partial charge in [-0.05, 0) is 44.5 Å². The molecule has 180 valence electrons. The fourth-order valence-electron chi connectivity index (χ4n) is 3.81. The summed E-state index contributed by atoms with van der Waals surface area (Å²) >= 11 is 1.22. The number of carbonyl (C=O) groups excluding carboxylic acids is 4. The first-order valence-electron chi connectivity index (χ1n) is 11.2. The summed E-state index contributed by atoms with van der Waals surface area (Å²) in [7, 11) is 0. The Morgan fingerprint density at radius 2 is 1.74 bits per heavy atom. The van der Waals surface area contributed by atoms with Crippen molar-refractivity contribution in [2.24, 2.45) is 0 Å². The van der Waals surface area contributed by atoms with Gasteiger partial charge in [0, 0.05) is 10.6 Å². The van der Waals surface area contributed by atoms with E-state index in [1.165, 1.54) is 16.2 Å². The summed E-state index contributed by atoms with van der Waals surface area (Å²) in [4.78, 5) is 54.3. The van der Waals surface area contributed by atoms with Gasteiger partial charge in [0.1, 0.15) is 17.6 Å². The van der Waals surface area contributed by atoms with Crippen molar-refractivity contribution >= 4 is 45.8 Å². The van der Waals surface area contributed by atoms with Crippen LogP contribution < -0.4 is 10.2 Å². The molecule has 1 aliphatic rings. The molecule has 1 aliphatic heterocycles. The molecule has 1 atom stereocenters. The first-order valence-corrected chi connectivity index (χ1v) is 12.0. The van der Waals surface area contributed by atoms with Crippen molar-refractivity contribution in [2.75, 3.05) is 23.4 Å². The van der Waals surface area contributed by atoms with Crippen LogP contribution in [-0.2, 0) is 14.3 Å². The summed E-state index contributed by atoms with van der Waals surface area (Å²) < 4.78 is 5.14. The summed E-state index contributed by atoms with van der Waals surface area (Å²) in [6, 6.07) is 17.0. The second-order valence-electron chi connectivity index (χ2n) is 8.08. The molecule has 1 N–H and O–H groups in total. The Bertz CT molecular complexity index is 1270. The van der Waals surface area contributed by atoms with Gasteiger partial charge in [0.25, 0.3) is 5.91 Å². The molecule has 2 heterocycles. The average Bonchev–Trinajstić information content (AvgIpc) is 3.35. The molecule has 1 aromatic heterocycles. The largest absolute Gasteiger partial charge is 0.462 e. The van der Waals surface area contributed by atoms with E-state index in [1.54, 1.807) is 32.0 Å². The van der Waals surface area contributed by atoms with Gasteiger partial charge in [0.15, 0.2) is 0 Å². The third-order valence-corrected chi connectivity index (χ3v) is 6.70. The molecule has 4 rings (SSSR count). The Balaban J connectivity index is 1.54. The molecule has 0 aliphatic carbocycles. The van der Waals surface area contributed by atoms with E-state index in [-0.39, 0.29) is 12.2 Å². The Morgan fingerprint density at radius 3 is 2.40 bits per heavy atom. The Morgan fingerprint density at radius 1 is 1.06 bits per heavy atom. The number of nitrogens with one attached hydrogen (secondary N) is 1. The molecule has 0 radical (unpaired) electrons. The second kappa shape index (κ2) is 10.1. The van der Waals surface area contributed by atoms with Crippen molar-refractivity contribution in [1.29, 1.82) is 0 Å². The van der Waals surface area contributed by atoms with Crippen molar-refractivity contribution in [3.05, 3.63) is 71.8 Å². The molecule has 1 fully saturated rings. The molecular weight excluding hydrogens is 466 g/mol. The lowest BCUT2D eigenvalue weighted by molar-refractivity contribution is -0.130. The molecule has 0 spiro atoms. The number of imide groups is 1. The molecule has 2 aromatic carbocycles. The quantitative estimate of drug-likeness (QED) is 0.382. The number of rotatable bonds is 7. The highest BCUT2D eigenvalue weighted by atomic mass is 32.1. The lowest BCUT2D eigenvalue weighted by Crippen LogP contribution is -2.39. The minimum Gasteiger partial charge on any atom is -0.462 e. The standard InChI is InChI=1S/C26H25N3O5S/c1-4-34-25(32)20-14-21(18-8-6-5-7-9-18)35-23(20)27-22(30)15-28-24(31)17(3)29(26(28)33)19-12-10-16(2)11-13-19/h5-14,17H,4,15H2,1-3H3,(H,27,30). The van der Waals surface area contributed by atoms with Crippen LogP contribution in [0.5, 0.6) is 0 Å². The SMILES string of the molecule is CCOC(=O)c1cc(-c2ccccc2)sc1NC(=O)CN1C(=O)C(C)N(c2ccc(C)cc2)C1=O. The number of ether oxygens (including phenoxy) is 1. The highest BCUT2D eigenvalue weighted by molar-refractivity contribution is 7.20. The zero-order valence-electron chi connectivity index (χ0n) is 19.6. The summed E-state index contributed by atoms with van der Waals surface area (Å²) in [5.74, 6) is -1.61. The number of carbonyl (C=O) groups is 4. The number of hydrogen-bond acceptors (Lipinski definition) is 6. The van der Waals surface area contributed by atoms with Gasteiger partial charge < -0.3 is 10.1 Å². The Hall–Kier alpha value is -3.98. The average molecular weight is 492 g/mol. The summed E-state index contributed by atoms with van der Waals surface area (Å²) in [5, 5.41) is 3.00. The number of esters is 1. The van der Waals surface area contributed by atoms with Gasteiger partial charge in [-0.15, -0.1) is 11.3 Å². The van der Waals surface area contributed by atoms with Gasteiger partial charge in [-0.2, -0.15) is 0 Å². The maximum atomic E-state index is 13.0. The highest BCUT2D eigenvalue weighted by Crippen LogP contribution is 2.36. The van der Waals surface area contributed by atoms with E-state index >= 15 is 0 Å². The van der Waals surface area contributed by atoms with Crippen LogP contribution in [0.15, 0.2) is 60.7 Å². The molecule has 3 aromatic rings. The number of thiophene rings is 1. The van der Waals surface area contributed by atoms with Crippen molar-refractivity contribution in [3.63, 3.8) is 0 Å². The molecular formula is C26H25N3O5S. The smallest absolute Gasteiger partial charge is 0.341 e. The lowest BCUT2D eigenvalue weighted by atomic mass is 10.1. The summed E-state index contributed by atoms with van der Waals surface area (Å²) in [5.41, 5.74) is 2.72. The van der Waals surface area contributed by atoms with Crippen LogP contribution >= 0.6 is 11.3 Å². The normalized spacial score (nSPS) is 15.5. The zero-order valence-corrected chi connectivity index (χ0v) is 20.4. The second-order valence-corrected chi connectivity index (χ2v) is 9.13. The molecule has 4 amide bonds. The fourth-order valence-corrected chi connectivity index (χ4v) is 4.88. The first-order chi connectivity index (χ1) is 16.8. The topological polar surface area (TPSA) is 96.0 Å². The van der Waals surface area contributed by atoms with Crippen LogP contribution in [0.25, 0.3) is 10.4 Å². The number of amides is 4. The van der Waals surface area contributed by atoms with Crippen LogP contribution in [-0.4, -0.2) is 47.9 Å². The van der Waals surface area contributed by atoms with Gasteiger partial charge in [0.2, 0.25) is 5.91 Å². The number of benzene rings is 2. The predicted molar refractivity (Wildman–Crippen MR) is 135 cm³/mol. The minimum absolute atomic E-state index is 0.187. The van der Waals surface area contributed by atoms with Gasteiger partial charge >= 0.3 is 12.0 Å². The van der Waals surface area contributed by atoms with E-state index in [1.807, 2.05) is 49.4 Å². The van der Waals surface area contributed by atoms with Crippen LogP contribution in [0.3, 0.4) is 0 Å². The predicted octanol–water partition coefficient (Wildman–Crippen LogP) is 4.70. The number of aryl methyl sites for hydroxylation is 1. The minimum atomic E-state index is -0.737. The molecule has 1 unspecified atom stereocenters. The third kappa shape index (κ3) is 4.95. The maximum absolute atomic E-state index is 13.0. The first kappa shape index (κ1) is 24.2. The molecule has 0 saturated carbocycles. The Kier molecular flexibility index (Phi) is 6.97. The van der Waals surface area contributed by atoms with Gasteiger partial charge in [-0.1, -0.05) is 48.0 Å². The van der Waals surface area contributed by atoms with E-state index in [0.29, 0.717) is 10.7 Å². The lowest BCUT2D eigenvalue weighted by Gasteiger charge is -2.19. The number of urea groups is 1. The van der Waals surface area contributed by atoms with E-state index < -0.39 is 36.4 Å². The van der Waals surface area contributed by atoms with Crippen LogP contribution in [0, 0.1) is 6.92 Å². The van der Waals surface area contributed by atoms with E-state index in [9.17, 15) is 19.2 Å². The number of hydrogen-bond donors (Lipinski definition) is 1.